The Labute approximate surface area is 84.7 Å². The van der Waals surface area contributed by atoms with Gasteiger partial charge in [0.1, 0.15) is 12.3 Å². The van der Waals surface area contributed by atoms with Gasteiger partial charge < -0.3 is 4.84 Å². The van der Waals surface area contributed by atoms with Crippen LogP contribution in [0.5, 0.6) is 0 Å². The van der Waals surface area contributed by atoms with Gasteiger partial charge in [-0.05, 0) is 6.07 Å². The average molecular weight is 204 g/mol. The number of aromatic nitrogens is 5. The van der Waals surface area contributed by atoms with Gasteiger partial charge in [0, 0.05) is 12.6 Å². The maximum atomic E-state index is 4.89. The summed E-state index contributed by atoms with van der Waals surface area (Å²) in [6.07, 6.45) is 4.22. The van der Waals surface area contributed by atoms with E-state index < -0.39 is 0 Å². The zero-order chi connectivity index (χ0) is 10.1. The van der Waals surface area contributed by atoms with Crippen molar-refractivity contribution in [3.8, 4) is 11.4 Å². The molecule has 7 heteroatoms. The van der Waals surface area contributed by atoms with E-state index in [0.717, 1.165) is 23.6 Å². The first kappa shape index (κ1) is 8.16. The Morgan fingerprint density at radius 3 is 3.20 bits per heavy atom. The maximum absolute atomic E-state index is 4.89. The molecule has 0 saturated heterocycles. The molecular weight excluding hydrogens is 196 g/mol. The van der Waals surface area contributed by atoms with E-state index in [2.05, 4.69) is 25.7 Å². The molecular formula is C8H8N6O. The molecule has 1 N–H and O–H groups in total. The number of nitrogens with one attached hydrogen (secondary N) is 1. The van der Waals surface area contributed by atoms with Crippen molar-refractivity contribution in [3.63, 3.8) is 0 Å². The minimum absolute atomic E-state index is 0.606. The summed E-state index contributed by atoms with van der Waals surface area (Å²) in [5.74, 6) is 0.772. The van der Waals surface area contributed by atoms with Gasteiger partial charge in [-0.3, -0.25) is 5.10 Å². The van der Waals surface area contributed by atoms with Crippen LogP contribution in [0.1, 0.15) is 6.42 Å². The third-order valence-corrected chi connectivity index (χ3v) is 2.12. The van der Waals surface area contributed by atoms with E-state index in [1.807, 2.05) is 6.07 Å². The molecule has 0 amide bonds. The Balaban J connectivity index is 1.94. The van der Waals surface area contributed by atoms with Gasteiger partial charge >= 0.3 is 0 Å². The summed E-state index contributed by atoms with van der Waals surface area (Å²) in [7, 11) is 0. The fourth-order valence-corrected chi connectivity index (χ4v) is 1.37. The van der Waals surface area contributed by atoms with Crippen LogP contribution in [0.4, 0.5) is 0 Å². The minimum Gasteiger partial charge on any atom is -0.394 e. The van der Waals surface area contributed by atoms with E-state index in [1.165, 1.54) is 0 Å². The quantitative estimate of drug-likeness (QED) is 0.721. The van der Waals surface area contributed by atoms with E-state index >= 15 is 0 Å². The topological polar surface area (TPSA) is 81.0 Å². The SMILES string of the molecule is c1cc(-c2cn(C3=NOCC3)nn2)[nH]n1. The Kier molecular flexibility index (Phi) is 1.74. The van der Waals surface area contributed by atoms with Gasteiger partial charge in [-0.15, -0.1) is 5.10 Å². The highest BCUT2D eigenvalue weighted by molar-refractivity contribution is 5.84. The van der Waals surface area contributed by atoms with Crippen LogP contribution in [0.25, 0.3) is 11.4 Å². The number of aromatic amines is 1. The Hall–Kier alpha value is -2.18. The largest absolute Gasteiger partial charge is 0.394 e. The Morgan fingerprint density at radius 1 is 1.47 bits per heavy atom. The first-order valence-electron chi connectivity index (χ1n) is 4.55. The summed E-state index contributed by atoms with van der Waals surface area (Å²) >= 11 is 0. The predicted molar refractivity (Wildman–Crippen MR) is 51.0 cm³/mol. The molecule has 2 aromatic heterocycles. The molecule has 3 rings (SSSR count). The van der Waals surface area contributed by atoms with Crippen LogP contribution in [0.15, 0.2) is 23.6 Å². The van der Waals surface area contributed by atoms with Gasteiger partial charge in [0.25, 0.3) is 0 Å². The van der Waals surface area contributed by atoms with Crippen molar-refractivity contribution in [1.29, 1.82) is 0 Å². The molecule has 0 unspecified atom stereocenters. The van der Waals surface area contributed by atoms with Crippen molar-refractivity contribution >= 4 is 5.84 Å². The Morgan fingerprint density at radius 2 is 2.47 bits per heavy atom. The lowest BCUT2D eigenvalue weighted by Crippen LogP contribution is -2.09. The van der Waals surface area contributed by atoms with E-state index in [-0.39, 0.29) is 0 Å². The molecule has 15 heavy (non-hydrogen) atoms. The van der Waals surface area contributed by atoms with Crippen LogP contribution in [0, 0.1) is 0 Å². The highest BCUT2D eigenvalue weighted by Gasteiger charge is 2.13. The third kappa shape index (κ3) is 1.37. The third-order valence-electron chi connectivity index (χ3n) is 2.12. The van der Waals surface area contributed by atoms with Gasteiger partial charge in [-0.25, -0.2) is 4.68 Å². The zero-order valence-electron chi connectivity index (χ0n) is 7.79. The molecule has 7 nitrogen and oxygen atoms in total. The molecule has 0 bridgehead atoms. The van der Waals surface area contributed by atoms with Gasteiger partial charge in [0.05, 0.1) is 11.9 Å². The van der Waals surface area contributed by atoms with Gasteiger partial charge in [-0.1, -0.05) is 10.4 Å². The fraction of sp³-hybridized carbons (Fsp3) is 0.250. The van der Waals surface area contributed by atoms with Crippen molar-refractivity contribution < 1.29 is 4.84 Å². The number of oxime groups is 1. The maximum Gasteiger partial charge on any atom is 0.174 e. The van der Waals surface area contributed by atoms with Gasteiger partial charge in [-0.2, -0.15) is 5.10 Å². The van der Waals surface area contributed by atoms with Crippen LogP contribution in [-0.2, 0) is 4.84 Å². The van der Waals surface area contributed by atoms with Crippen LogP contribution in [0.2, 0.25) is 0 Å². The van der Waals surface area contributed by atoms with Crippen molar-refractivity contribution in [3.05, 3.63) is 18.5 Å². The second-order valence-electron chi connectivity index (χ2n) is 3.11. The average Bonchev–Trinajstić information content (AvgIpc) is 3.02. The van der Waals surface area contributed by atoms with Crippen molar-refractivity contribution in [1.82, 2.24) is 25.2 Å². The lowest BCUT2D eigenvalue weighted by molar-refractivity contribution is 0.173. The summed E-state index contributed by atoms with van der Waals surface area (Å²) in [5, 5.41) is 18.5. The highest BCUT2D eigenvalue weighted by Crippen LogP contribution is 2.12. The lowest BCUT2D eigenvalue weighted by atomic mass is 10.3. The molecule has 0 atom stereocenters. The minimum atomic E-state index is 0.606. The number of hydrogen-bond acceptors (Lipinski definition) is 5. The number of hydrogen-bond donors (Lipinski definition) is 1. The van der Waals surface area contributed by atoms with Crippen molar-refractivity contribution in [2.45, 2.75) is 6.42 Å². The van der Waals surface area contributed by atoms with Crippen LogP contribution >= 0.6 is 0 Å². The molecule has 0 aliphatic carbocycles. The molecule has 0 spiro atoms. The molecule has 0 saturated carbocycles. The molecule has 1 aliphatic heterocycles. The smallest absolute Gasteiger partial charge is 0.174 e. The van der Waals surface area contributed by atoms with Crippen molar-refractivity contribution in [2.75, 3.05) is 6.61 Å². The molecule has 0 aromatic carbocycles. The lowest BCUT2D eigenvalue weighted by Gasteiger charge is -1.92. The summed E-state index contributed by atoms with van der Waals surface area (Å²) in [6.45, 7) is 0.606. The molecule has 0 radical (unpaired) electrons. The predicted octanol–water partition coefficient (Wildman–Crippen LogP) is 0.250. The molecule has 3 heterocycles. The second-order valence-corrected chi connectivity index (χ2v) is 3.11. The fourth-order valence-electron chi connectivity index (χ4n) is 1.37. The molecule has 76 valence electrons. The van der Waals surface area contributed by atoms with E-state index in [1.54, 1.807) is 17.1 Å². The molecule has 2 aromatic rings. The summed E-state index contributed by atoms with van der Waals surface area (Å²) in [4.78, 5) is 4.89. The van der Waals surface area contributed by atoms with Gasteiger partial charge in [0.2, 0.25) is 0 Å². The monoisotopic (exact) mass is 204 g/mol. The van der Waals surface area contributed by atoms with Gasteiger partial charge in [0.15, 0.2) is 5.84 Å². The van der Waals surface area contributed by atoms with E-state index in [4.69, 9.17) is 4.84 Å². The Bertz CT molecular complexity index is 485. The number of H-pyrrole nitrogens is 1. The zero-order valence-corrected chi connectivity index (χ0v) is 7.79. The first-order valence-corrected chi connectivity index (χ1v) is 4.55. The second kappa shape index (κ2) is 3.19. The van der Waals surface area contributed by atoms with Crippen LogP contribution in [0.3, 0.4) is 0 Å². The normalized spacial score (nSPS) is 15.1. The van der Waals surface area contributed by atoms with Crippen molar-refractivity contribution in [2.24, 2.45) is 5.16 Å². The molecule has 1 aliphatic rings. The first-order chi connectivity index (χ1) is 7.43. The summed E-state index contributed by atoms with van der Waals surface area (Å²) in [6, 6.07) is 1.83. The van der Waals surface area contributed by atoms with Crippen LogP contribution in [-0.4, -0.2) is 37.6 Å². The van der Waals surface area contributed by atoms with Crippen LogP contribution < -0.4 is 0 Å². The summed E-state index contributed by atoms with van der Waals surface area (Å²) < 4.78 is 1.61. The van der Waals surface area contributed by atoms with E-state index in [0.29, 0.717) is 6.61 Å². The van der Waals surface area contributed by atoms with E-state index in [9.17, 15) is 0 Å². The highest BCUT2D eigenvalue weighted by atomic mass is 16.6. The molecule has 0 fully saturated rings. The number of rotatable bonds is 1. The number of nitrogens with zero attached hydrogens (tertiary/aromatic N) is 5. The summed E-state index contributed by atoms with van der Waals surface area (Å²) in [5.41, 5.74) is 1.57. The standard InChI is InChI=1S/C8H8N6O/c1-3-9-10-6(1)7-5-14(13-11-7)8-2-4-15-12-8/h1,3,5H,2,4H2,(H,9,10).